The Bertz CT molecular complexity index is 494. The van der Waals surface area contributed by atoms with Gasteiger partial charge in [-0.1, -0.05) is 12.8 Å². The van der Waals surface area contributed by atoms with Crippen LogP contribution in [0.15, 0.2) is 0 Å². The van der Waals surface area contributed by atoms with E-state index in [2.05, 4.69) is 6.07 Å². The maximum Gasteiger partial charge on any atom is 0.243 e. The topological polar surface area (TPSA) is 64.4 Å². The summed E-state index contributed by atoms with van der Waals surface area (Å²) >= 11 is 0. The molecule has 5 heteroatoms. The van der Waals surface area contributed by atoms with Crippen LogP contribution in [0.5, 0.6) is 0 Å². The molecular weight excluding hydrogens is 266 g/mol. The molecule has 1 spiro atoms. The van der Waals surface area contributed by atoms with E-state index in [1.54, 1.807) is 0 Å². The molecule has 2 aliphatic heterocycles. The van der Waals surface area contributed by atoms with Crippen LogP contribution in [0, 0.1) is 22.2 Å². The first-order valence-corrected chi connectivity index (χ1v) is 7.95. The van der Waals surface area contributed by atoms with E-state index >= 15 is 0 Å². The minimum absolute atomic E-state index is 0.0371. The quantitative estimate of drug-likeness (QED) is 0.735. The summed E-state index contributed by atoms with van der Waals surface area (Å²) in [5.41, 5.74) is -0.690. The van der Waals surface area contributed by atoms with Crippen molar-refractivity contribution in [1.82, 2.24) is 9.80 Å². The molecule has 3 fully saturated rings. The fourth-order valence-electron chi connectivity index (χ4n) is 4.28. The summed E-state index contributed by atoms with van der Waals surface area (Å²) in [7, 11) is 1.86. The van der Waals surface area contributed by atoms with Gasteiger partial charge >= 0.3 is 0 Å². The van der Waals surface area contributed by atoms with Gasteiger partial charge in [0.05, 0.1) is 6.07 Å². The Balaban J connectivity index is 1.65. The maximum atomic E-state index is 12.7. The highest BCUT2D eigenvalue weighted by Gasteiger charge is 2.48. The summed E-state index contributed by atoms with van der Waals surface area (Å²) in [4.78, 5) is 28.2. The molecule has 0 radical (unpaired) electrons. The highest BCUT2D eigenvalue weighted by Crippen LogP contribution is 2.43. The molecule has 0 bridgehead atoms. The summed E-state index contributed by atoms with van der Waals surface area (Å²) in [5, 5.41) is 9.44. The number of piperidine rings is 1. The zero-order valence-corrected chi connectivity index (χ0v) is 12.7. The van der Waals surface area contributed by atoms with E-state index < -0.39 is 5.41 Å². The van der Waals surface area contributed by atoms with Crippen molar-refractivity contribution in [1.29, 1.82) is 5.26 Å². The van der Waals surface area contributed by atoms with Gasteiger partial charge in [0.2, 0.25) is 11.8 Å². The average molecular weight is 289 g/mol. The van der Waals surface area contributed by atoms with Crippen molar-refractivity contribution in [3.05, 3.63) is 0 Å². The average Bonchev–Trinajstić information content (AvgIpc) is 3.06. The molecule has 0 N–H and O–H groups in total. The van der Waals surface area contributed by atoms with Crippen molar-refractivity contribution in [3.8, 4) is 6.07 Å². The van der Waals surface area contributed by atoms with Gasteiger partial charge in [-0.3, -0.25) is 9.59 Å². The minimum atomic E-state index is -0.757. The van der Waals surface area contributed by atoms with Crippen LogP contribution in [0.25, 0.3) is 0 Å². The van der Waals surface area contributed by atoms with Crippen LogP contribution < -0.4 is 0 Å². The largest absolute Gasteiger partial charge is 0.345 e. The minimum Gasteiger partial charge on any atom is -0.345 e. The van der Waals surface area contributed by atoms with E-state index in [4.69, 9.17) is 0 Å². The normalized spacial score (nSPS) is 27.1. The lowest BCUT2D eigenvalue weighted by molar-refractivity contribution is -0.141. The predicted molar refractivity (Wildman–Crippen MR) is 77.0 cm³/mol. The third kappa shape index (κ3) is 2.31. The molecule has 0 atom stereocenters. The molecule has 2 heterocycles. The molecule has 5 nitrogen and oxygen atoms in total. The smallest absolute Gasteiger partial charge is 0.243 e. The Morgan fingerprint density at radius 1 is 1.19 bits per heavy atom. The number of carbonyl (C=O) groups is 2. The van der Waals surface area contributed by atoms with Crippen molar-refractivity contribution < 1.29 is 9.59 Å². The second-order valence-corrected chi connectivity index (χ2v) is 7.12. The highest BCUT2D eigenvalue weighted by atomic mass is 16.2. The SMILES string of the molecule is CN1CC2(CCN(C(=O)C3(C#N)CCCC3)CC2)CC1=O. The van der Waals surface area contributed by atoms with Crippen LogP contribution in [0.1, 0.15) is 44.9 Å². The first kappa shape index (κ1) is 14.4. The molecule has 1 aliphatic carbocycles. The van der Waals surface area contributed by atoms with E-state index in [9.17, 15) is 14.9 Å². The van der Waals surface area contributed by atoms with Crippen molar-refractivity contribution in [2.24, 2.45) is 10.8 Å². The maximum absolute atomic E-state index is 12.7. The molecule has 0 aromatic carbocycles. The number of hydrogen-bond acceptors (Lipinski definition) is 3. The van der Waals surface area contributed by atoms with Crippen molar-refractivity contribution in [3.63, 3.8) is 0 Å². The molecule has 3 aliphatic rings. The number of carbonyl (C=O) groups excluding carboxylic acids is 2. The molecule has 114 valence electrons. The van der Waals surface area contributed by atoms with Gasteiger partial charge in [-0.15, -0.1) is 0 Å². The lowest BCUT2D eigenvalue weighted by Gasteiger charge is -2.40. The molecular formula is C16H23N3O2. The number of nitrogens with zero attached hydrogens (tertiary/aromatic N) is 3. The summed E-state index contributed by atoms with van der Waals surface area (Å²) in [6.07, 6.45) is 5.78. The Labute approximate surface area is 125 Å². The van der Waals surface area contributed by atoms with Gasteiger partial charge in [0, 0.05) is 38.5 Å². The van der Waals surface area contributed by atoms with Crippen LogP contribution in [-0.4, -0.2) is 48.3 Å². The van der Waals surface area contributed by atoms with E-state index in [0.717, 1.165) is 32.2 Å². The highest BCUT2D eigenvalue weighted by molar-refractivity contribution is 5.86. The third-order valence-corrected chi connectivity index (χ3v) is 5.72. The third-order valence-electron chi connectivity index (χ3n) is 5.72. The van der Waals surface area contributed by atoms with Crippen LogP contribution >= 0.6 is 0 Å². The van der Waals surface area contributed by atoms with Gasteiger partial charge in [-0.25, -0.2) is 0 Å². The van der Waals surface area contributed by atoms with Crippen LogP contribution in [0.3, 0.4) is 0 Å². The molecule has 21 heavy (non-hydrogen) atoms. The van der Waals surface area contributed by atoms with Gasteiger partial charge < -0.3 is 9.80 Å². The van der Waals surface area contributed by atoms with Gasteiger partial charge in [-0.2, -0.15) is 5.26 Å². The fourth-order valence-corrected chi connectivity index (χ4v) is 4.28. The molecule has 2 saturated heterocycles. The predicted octanol–water partition coefficient (Wildman–Crippen LogP) is 1.54. The van der Waals surface area contributed by atoms with Gasteiger partial charge in [-0.05, 0) is 25.7 Å². The summed E-state index contributed by atoms with van der Waals surface area (Å²) in [5.74, 6) is 0.258. The molecule has 0 aromatic heterocycles. The number of rotatable bonds is 1. The van der Waals surface area contributed by atoms with Crippen molar-refractivity contribution in [2.75, 3.05) is 26.7 Å². The fraction of sp³-hybridized carbons (Fsp3) is 0.812. The van der Waals surface area contributed by atoms with Crippen LogP contribution in [0.4, 0.5) is 0 Å². The zero-order valence-electron chi connectivity index (χ0n) is 12.7. The molecule has 0 unspecified atom stereocenters. The standard InChI is InChI=1S/C16H23N3O2/c1-18-12-15(10-13(18)20)6-8-19(9-7-15)14(21)16(11-17)4-2-3-5-16/h2-10,12H2,1H3. The number of hydrogen-bond donors (Lipinski definition) is 0. The first-order chi connectivity index (χ1) is 10.0. The molecule has 0 aromatic rings. The summed E-state index contributed by atoms with van der Waals surface area (Å²) in [6.45, 7) is 2.21. The lowest BCUT2D eigenvalue weighted by Crippen LogP contribution is -2.49. The summed E-state index contributed by atoms with van der Waals surface area (Å²) < 4.78 is 0. The van der Waals surface area contributed by atoms with Crippen molar-refractivity contribution in [2.45, 2.75) is 44.9 Å². The molecule has 3 rings (SSSR count). The number of nitriles is 1. The van der Waals surface area contributed by atoms with Gasteiger partial charge in [0.15, 0.2) is 0 Å². The Hall–Kier alpha value is -1.57. The van der Waals surface area contributed by atoms with E-state index in [-0.39, 0.29) is 17.2 Å². The Kier molecular flexibility index (Phi) is 3.43. The van der Waals surface area contributed by atoms with Gasteiger partial charge in [0.25, 0.3) is 0 Å². The van der Waals surface area contributed by atoms with Crippen LogP contribution in [-0.2, 0) is 9.59 Å². The monoisotopic (exact) mass is 289 g/mol. The molecule has 2 amide bonds. The van der Waals surface area contributed by atoms with E-state index in [0.29, 0.717) is 32.4 Å². The molecule has 1 saturated carbocycles. The number of amides is 2. The number of likely N-dealkylation sites (tertiary alicyclic amines) is 2. The van der Waals surface area contributed by atoms with Crippen molar-refractivity contribution >= 4 is 11.8 Å². The summed E-state index contributed by atoms with van der Waals surface area (Å²) in [6, 6.07) is 2.30. The van der Waals surface area contributed by atoms with E-state index in [1.165, 1.54) is 0 Å². The van der Waals surface area contributed by atoms with Crippen LogP contribution in [0.2, 0.25) is 0 Å². The van der Waals surface area contributed by atoms with Gasteiger partial charge in [0.1, 0.15) is 5.41 Å². The zero-order chi connectivity index (χ0) is 15.1. The van der Waals surface area contributed by atoms with E-state index in [1.807, 2.05) is 16.8 Å². The Morgan fingerprint density at radius 3 is 2.29 bits per heavy atom. The second kappa shape index (κ2) is 5.01. The second-order valence-electron chi connectivity index (χ2n) is 7.12. The first-order valence-electron chi connectivity index (χ1n) is 7.95. The Morgan fingerprint density at radius 2 is 1.81 bits per heavy atom. The lowest BCUT2D eigenvalue weighted by atomic mass is 9.76.